The lowest BCUT2D eigenvalue weighted by molar-refractivity contribution is 0.171. The van der Waals surface area contributed by atoms with E-state index in [2.05, 4.69) is 27.1 Å². The fourth-order valence-corrected chi connectivity index (χ4v) is 2.19. The Balaban J connectivity index is 2.17. The number of rotatable bonds is 4. The van der Waals surface area contributed by atoms with Crippen LogP contribution in [0.4, 0.5) is 0 Å². The lowest BCUT2D eigenvalue weighted by Gasteiger charge is -2.32. The summed E-state index contributed by atoms with van der Waals surface area (Å²) in [5.74, 6) is 0.719. The van der Waals surface area contributed by atoms with E-state index in [1.165, 1.54) is 6.07 Å². The van der Waals surface area contributed by atoms with E-state index in [1.807, 2.05) is 0 Å². The molecule has 0 spiro atoms. The van der Waals surface area contributed by atoms with Crippen LogP contribution in [0.2, 0.25) is 0 Å². The molecule has 6 heteroatoms. The van der Waals surface area contributed by atoms with Crippen molar-refractivity contribution in [2.75, 3.05) is 33.3 Å². The number of aromatic amines is 1. The lowest BCUT2D eigenvalue weighted by Crippen LogP contribution is -2.45. The average Bonchev–Trinajstić information content (AvgIpc) is 2.38. The number of aromatic nitrogens is 2. The van der Waals surface area contributed by atoms with Crippen molar-refractivity contribution >= 4 is 0 Å². The molecule has 1 aliphatic rings. The number of nitrogens with one attached hydrogen (secondary N) is 2. The number of nitrogens with zero attached hydrogens (tertiary/aromatic N) is 2. The Morgan fingerprint density at radius 1 is 1.50 bits per heavy atom. The van der Waals surface area contributed by atoms with Gasteiger partial charge in [0.15, 0.2) is 0 Å². The molecule has 1 fully saturated rings. The highest BCUT2D eigenvalue weighted by molar-refractivity contribution is 5.04. The smallest absolute Gasteiger partial charge is 0.251 e. The number of methoxy groups -OCH3 is 1. The van der Waals surface area contributed by atoms with Crippen LogP contribution in [0.25, 0.3) is 0 Å². The van der Waals surface area contributed by atoms with Gasteiger partial charge in [-0.05, 0) is 6.92 Å². The molecule has 18 heavy (non-hydrogen) atoms. The summed E-state index contributed by atoms with van der Waals surface area (Å²) in [5, 5.41) is 3.31. The van der Waals surface area contributed by atoms with E-state index in [0.717, 1.165) is 32.0 Å². The minimum atomic E-state index is -0.117. The summed E-state index contributed by atoms with van der Waals surface area (Å²) in [7, 11) is 1.60. The zero-order valence-corrected chi connectivity index (χ0v) is 10.9. The third-order valence-electron chi connectivity index (χ3n) is 3.20. The SMILES string of the molecule is COCc1cc(=O)[nH]c(C(C)N2CCNCC2)n1. The van der Waals surface area contributed by atoms with Crippen LogP contribution in [0.3, 0.4) is 0 Å². The molecule has 6 nitrogen and oxygen atoms in total. The normalized spacial score (nSPS) is 18.8. The Kier molecular flexibility index (Phi) is 4.46. The van der Waals surface area contributed by atoms with Crippen LogP contribution in [-0.2, 0) is 11.3 Å². The Morgan fingerprint density at radius 2 is 2.22 bits per heavy atom. The number of hydrogen-bond acceptors (Lipinski definition) is 5. The minimum Gasteiger partial charge on any atom is -0.378 e. The maximum absolute atomic E-state index is 11.6. The summed E-state index contributed by atoms with van der Waals surface area (Å²) in [6, 6.07) is 1.61. The van der Waals surface area contributed by atoms with E-state index in [9.17, 15) is 4.79 Å². The number of ether oxygens (including phenoxy) is 1. The quantitative estimate of drug-likeness (QED) is 0.782. The van der Waals surface area contributed by atoms with Crippen LogP contribution in [-0.4, -0.2) is 48.2 Å². The second-order valence-corrected chi connectivity index (χ2v) is 4.52. The van der Waals surface area contributed by atoms with Gasteiger partial charge in [0.1, 0.15) is 5.82 Å². The van der Waals surface area contributed by atoms with E-state index in [1.54, 1.807) is 7.11 Å². The van der Waals surface area contributed by atoms with E-state index in [0.29, 0.717) is 12.3 Å². The molecule has 2 heterocycles. The molecule has 2 rings (SSSR count). The van der Waals surface area contributed by atoms with E-state index in [4.69, 9.17) is 4.74 Å². The number of piperazine rings is 1. The first-order chi connectivity index (χ1) is 8.70. The maximum Gasteiger partial charge on any atom is 0.251 e. The molecule has 1 atom stereocenters. The molecule has 1 aromatic heterocycles. The van der Waals surface area contributed by atoms with Crippen LogP contribution in [0.15, 0.2) is 10.9 Å². The van der Waals surface area contributed by atoms with Gasteiger partial charge in [0.05, 0.1) is 18.3 Å². The van der Waals surface area contributed by atoms with Gasteiger partial charge in [-0.1, -0.05) is 0 Å². The molecule has 0 radical (unpaired) electrons. The van der Waals surface area contributed by atoms with Gasteiger partial charge in [0.25, 0.3) is 5.56 Å². The first-order valence-corrected chi connectivity index (χ1v) is 6.24. The summed E-state index contributed by atoms with van der Waals surface area (Å²) in [4.78, 5) is 21.2. The molecule has 0 saturated carbocycles. The second-order valence-electron chi connectivity index (χ2n) is 4.52. The third-order valence-corrected chi connectivity index (χ3v) is 3.20. The molecule has 0 amide bonds. The van der Waals surface area contributed by atoms with Gasteiger partial charge in [-0.25, -0.2) is 4.98 Å². The molecule has 0 aromatic carbocycles. The van der Waals surface area contributed by atoms with Gasteiger partial charge in [0.2, 0.25) is 0 Å². The second kappa shape index (κ2) is 6.08. The molecule has 2 N–H and O–H groups in total. The van der Waals surface area contributed by atoms with Gasteiger partial charge in [-0.2, -0.15) is 0 Å². The standard InChI is InChI=1S/C12H20N4O2/c1-9(16-5-3-13-4-6-16)12-14-10(8-18-2)7-11(17)15-12/h7,9,13H,3-6,8H2,1-2H3,(H,14,15,17). The van der Waals surface area contributed by atoms with Crippen LogP contribution in [0.1, 0.15) is 24.5 Å². The fourth-order valence-electron chi connectivity index (χ4n) is 2.19. The van der Waals surface area contributed by atoms with E-state index in [-0.39, 0.29) is 11.6 Å². The zero-order chi connectivity index (χ0) is 13.0. The third kappa shape index (κ3) is 3.16. The van der Waals surface area contributed by atoms with Crippen LogP contribution in [0, 0.1) is 0 Å². The van der Waals surface area contributed by atoms with Crippen molar-refractivity contribution in [1.82, 2.24) is 20.2 Å². The van der Waals surface area contributed by atoms with Crippen molar-refractivity contribution in [1.29, 1.82) is 0 Å². The number of H-pyrrole nitrogens is 1. The molecule has 100 valence electrons. The van der Waals surface area contributed by atoms with Gasteiger partial charge in [-0.3, -0.25) is 9.69 Å². The fraction of sp³-hybridized carbons (Fsp3) is 0.667. The summed E-state index contributed by atoms with van der Waals surface area (Å²) in [6.07, 6.45) is 0. The molecule has 1 saturated heterocycles. The zero-order valence-electron chi connectivity index (χ0n) is 10.9. The minimum absolute atomic E-state index is 0.117. The molecular weight excluding hydrogens is 232 g/mol. The van der Waals surface area contributed by atoms with Crippen LogP contribution in [0.5, 0.6) is 0 Å². The Morgan fingerprint density at radius 3 is 2.89 bits per heavy atom. The van der Waals surface area contributed by atoms with Crippen molar-refractivity contribution in [3.8, 4) is 0 Å². The molecule has 1 unspecified atom stereocenters. The first-order valence-electron chi connectivity index (χ1n) is 6.24. The van der Waals surface area contributed by atoms with Crippen LogP contribution < -0.4 is 10.9 Å². The highest BCUT2D eigenvalue weighted by Crippen LogP contribution is 2.15. The van der Waals surface area contributed by atoms with Gasteiger partial charge >= 0.3 is 0 Å². The van der Waals surface area contributed by atoms with Crippen LogP contribution >= 0.6 is 0 Å². The van der Waals surface area contributed by atoms with Crippen molar-refractivity contribution in [2.24, 2.45) is 0 Å². The molecule has 0 aliphatic carbocycles. The monoisotopic (exact) mass is 252 g/mol. The van der Waals surface area contributed by atoms with Crippen molar-refractivity contribution in [3.63, 3.8) is 0 Å². The topological polar surface area (TPSA) is 70.2 Å². The van der Waals surface area contributed by atoms with Gasteiger partial charge in [0, 0.05) is 39.4 Å². The highest BCUT2D eigenvalue weighted by atomic mass is 16.5. The predicted octanol–water partition coefficient (Wildman–Crippen LogP) is -0.117. The summed E-state index contributed by atoms with van der Waals surface area (Å²) in [6.45, 7) is 6.34. The molecule has 1 aromatic rings. The maximum atomic E-state index is 11.6. The van der Waals surface area contributed by atoms with Gasteiger partial charge in [-0.15, -0.1) is 0 Å². The summed E-state index contributed by atoms with van der Waals surface area (Å²) in [5.41, 5.74) is 0.562. The highest BCUT2D eigenvalue weighted by Gasteiger charge is 2.20. The molecular formula is C12H20N4O2. The Bertz CT molecular complexity index is 440. The summed E-state index contributed by atoms with van der Waals surface area (Å²) < 4.78 is 5.02. The Hall–Kier alpha value is -1.24. The van der Waals surface area contributed by atoms with E-state index >= 15 is 0 Å². The first kappa shape index (κ1) is 13.2. The van der Waals surface area contributed by atoms with E-state index < -0.39 is 0 Å². The lowest BCUT2D eigenvalue weighted by atomic mass is 10.2. The molecule has 1 aliphatic heterocycles. The van der Waals surface area contributed by atoms with Crippen molar-refractivity contribution < 1.29 is 4.74 Å². The van der Waals surface area contributed by atoms with Crippen molar-refractivity contribution in [2.45, 2.75) is 19.6 Å². The molecule has 0 bridgehead atoms. The number of hydrogen-bond donors (Lipinski definition) is 2. The predicted molar refractivity (Wildman–Crippen MR) is 68.4 cm³/mol. The Labute approximate surface area is 106 Å². The average molecular weight is 252 g/mol. The largest absolute Gasteiger partial charge is 0.378 e. The van der Waals surface area contributed by atoms with Gasteiger partial charge < -0.3 is 15.0 Å². The van der Waals surface area contributed by atoms with Crippen molar-refractivity contribution in [3.05, 3.63) is 27.9 Å². The summed E-state index contributed by atoms with van der Waals surface area (Å²) >= 11 is 0.